The molecule has 0 aliphatic rings. The average Bonchev–Trinajstić information content (AvgIpc) is 2.38. The second-order valence-corrected chi connectivity index (χ2v) is 4.78. The number of ether oxygens (including phenoxy) is 1. The minimum Gasteiger partial charge on any atom is -0.461 e. The molecular formula is C15H17NO3. The Bertz CT molecular complexity index is 658. The smallest absolute Gasteiger partial charge is 0.329 e. The fraction of sp³-hybridized carbons (Fsp3) is 0.333. The van der Waals surface area contributed by atoms with E-state index in [9.17, 15) is 9.59 Å². The number of carbonyl (C=O) groups excluding carboxylic acids is 1. The number of nitrogens with zero attached hydrogens (tertiary/aromatic N) is 1. The number of carbonyl (C=O) groups is 1. The molecule has 0 aliphatic heterocycles. The lowest BCUT2D eigenvalue weighted by atomic mass is 10.1. The van der Waals surface area contributed by atoms with Gasteiger partial charge in [0.15, 0.2) is 0 Å². The number of benzene rings is 1. The topological polar surface area (TPSA) is 48.3 Å². The SMILES string of the molecule is CC(C)OC(=O)C(C)n1ccc2ccccc2c1=O. The molecule has 0 bridgehead atoms. The van der Waals surface area contributed by atoms with Gasteiger partial charge in [-0.05, 0) is 38.3 Å². The summed E-state index contributed by atoms with van der Waals surface area (Å²) in [6.07, 6.45) is 1.45. The van der Waals surface area contributed by atoms with Crippen LogP contribution in [-0.4, -0.2) is 16.6 Å². The van der Waals surface area contributed by atoms with Crippen LogP contribution in [0.4, 0.5) is 0 Å². The second-order valence-electron chi connectivity index (χ2n) is 4.78. The van der Waals surface area contributed by atoms with Gasteiger partial charge in [-0.3, -0.25) is 4.79 Å². The van der Waals surface area contributed by atoms with Crippen molar-refractivity contribution in [2.24, 2.45) is 0 Å². The summed E-state index contributed by atoms with van der Waals surface area (Å²) >= 11 is 0. The number of aromatic nitrogens is 1. The van der Waals surface area contributed by atoms with E-state index in [4.69, 9.17) is 4.74 Å². The van der Waals surface area contributed by atoms with E-state index in [-0.39, 0.29) is 11.7 Å². The van der Waals surface area contributed by atoms with Crippen LogP contribution in [0.3, 0.4) is 0 Å². The van der Waals surface area contributed by atoms with Crippen molar-refractivity contribution in [1.82, 2.24) is 4.57 Å². The van der Waals surface area contributed by atoms with Crippen molar-refractivity contribution in [3.8, 4) is 0 Å². The van der Waals surface area contributed by atoms with Crippen LogP contribution >= 0.6 is 0 Å². The molecule has 4 heteroatoms. The zero-order valence-electron chi connectivity index (χ0n) is 11.3. The van der Waals surface area contributed by atoms with Crippen molar-refractivity contribution in [1.29, 1.82) is 0 Å². The van der Waals surface area contributed by atoms with Crippen molar-refractivity contribution >= 4 is 16.7 Å². The first-order valence-electron chi connectivity index (χ1n) is 6.31. The lowest BCUT2D eigenvalue weighted by Gasteiger charge is -2.16. The van der Waals surface area contributed by atoms with Gasteiger partial charge in [-0.2, -0.15) is 0 Å². The molecule has 1 atom stereocenters. The predicted octanol–water partition coefficient (Wildman–Crippen LogP) is 2.51. The van der Waals surface area contributed by atoms with Crippen LogP contribution in [0, 0.1) is 0 Å². The van der Waals surface area contributed by atoms with Gasteiger partial charge in [0.1, 0.15) is 6.04 Å². The minimum absolute atomic E-state index is 0.175. The average molecular weight is 259 g/mol. The van der Waals surface area contributed by atoms with Crippen LogP contribution in [-0.2, 0) is 9.53 Å². The molecule has 0 saturated carbocycles. The van der Waals surface area contributed by atoms with Gasteiger partial charge in [0.25, 0.3) is 5.56 Å². The molecule has 1 unspecified atom stereocenters. The van der Waals surface area contributed by atoms with Crippen molar-refractivity contribution in [2.45, 2.75) is 32.9 Å². The molecule has 4 nitrogen and oxygen atoms in total. The van der Waals surface area contributed by atoms with Crippen molar-refractivity contribution in [3.63, 3.8) is 0 Å². The molecule has 0 fully saturated rings. The summed E-state index contributed by atoms with van der Waals surface area (Å²) in [7, 11) is 0. The van der Waals surface area contributed by atoms with Gasteiger partial charge in [0, 0.05) is 11.6 Å². The van der Waals surface area contributed by atoms with Crippen molar-refractivity contribution in [2.75, 3.05) is 0 Å². The van der Waals surface area contributed by atoms with E-state index < -0.39 is 12.0 Å². The Kier molecular flexibility index (Phi) is 3.69. The maximum absolute atomic E-state index is 12.3. The largest absolute Gasteiger partial charge is 0.461 e. The summed E-state index contributed by atoms with van der Waals surface area (Å²) in [5.41, 5.74) is -0.175. The van der Waals surface area contributed by atoms with Gasteiger partial charge >= 0.3 is 5.97 Å². The summed E-state index contributed by atoms with van der Waals surface area (Å²) in [6.45, 7) is 5.24. The number of pyridine rings is 1. The number of rotatable bonds is 3. The van der Waals surface area contributed by atoms with E-state index >= 15 is 0 Å². The Labute approximate surface area is 111 Å². The quantitative estimate of drug-likeness (QED) is 0.796. The number of fused-ring (bicyclic) bond motifs is 1. The first-order valence-corrected chi connectivity index (χ1v) is 6.31. The molecule has 0 aliphatic carbocycles. The summed E-state index contributed by atoms with van der Waals surface area (Å²) in [5, 5.41) is 1.47. The Morgan fingerprint density at radius 1 is 1.16 bits per heavy atom. The van der Waals surface area contributed by atoms with Gasteiger partial charge in [-0.25, -0.2) is 4.79 Å². The van der Waals surface area contributed by atoms with Gasteiger partial charge in [0.2, 0.25) is 0 Å². The van der Waals surface area contributed by atoms with Crippen LogP contribution in [0.1, 0.15) is 26.8 Å². The zero-order valence-corrected chi connectivity index (χ0v) is 11.3. The highest BCUT2D eigenvalue weighted by molar-refractivity contribution is 5.82. The van der Waals surface area contributed by atoms with Gasteiger partial charge in [-0.15, -0.1) is 0 Å². The van der Waals surface area contributed by atoms with Crippen LogP contribution < -0.4 is 5.56 Å². The van der Waals surface area contributed by atoms with Crippen LogP contribution in [0.25, 0.3) is 10.8 Å². The number of hydrogen-bond donors (Lipinski definition) is 0. The maximum atomic E-state index is 12.3. The third-order valence-corrected chi connectivity index (χ3v) is 2.95. The fourth-order valence-electron chi connectivity index (χ4n) is 1.95. The highest BCUT2D eigenvalue weighted by atomic mass is 16.5. The second kappa shape index (κ2) is 5.26. The molecule has 0 amide bonds. The fourth-order valence-corrected chi connectivity index (χ4v) is 1.95. The highest BCUT2D eigenvalue weighted by Gasteiger charge is 2.19. The Morgan fingerprint density at radius 2 is 1.84 bits per heavy atom. The Balaban J connectivity index is 2.43. The van der Waals surface area contributed by atoms with Gasteiger partial charge in [-0.1, -0.05) is 18.2 Å². The normalized spacial score (nSPS) is 12.6. The van der Waals surface area contributed by atoms with E-state index in [1.165, 1.54) is 4.57 Å². The molecule has 1 heterocycles. The molecule has 0 radical (unpaired) electrons. The monoisotopic (exact) mass is 259 g/mol. The minimum atomic E-state index is -0.625. The lowest BCUT2D eigenvalue weighted by Crippen LogP contribution is -2.30. The van der Waals surface area contributed by atoms with E-state index in [2.05, 4.69) is 0 Å². The van der Waals surface area contributed by atoms with Crippen molar-refractivity contribution in [3.05, 3.63) is 46.9 Å². The standard InChI is InChI=1S/C15H17NO3/c1-10(2)19-15(18)11(3)16-9-8-12-6-4-5-7-13(12)14(16)17/h4-11H,1-3H3. The summed E-state index contributed by atoms with van der Waals surface area (Å²) in [4.78, 5) is 24.2. The summed E-state index contributed by atoms with van der Waals surface area (Å²) in [5.74, 6) is -0.396. The summed E-state index contributed by atoms with van der Waals surface area (Å²) < 4.78 is 6.54. The number of esters is 1. The van der Waals surface area contributed by atoms with Crippen LogP contribution in [0.15, 0.2) is 41.3 Å². The highest BCUT2D eigenvalue weighted by Crippen LogP contribution is 2.12. The van der Waals surface area contributed by atoms with Gasteiger partial charge < -0.3 is 9.30 Å². The summed E-state index contributed by atoms with van der Waals surface area (Å²) in [6, 6.07) is 8.52. The molecule has 1 aromatic heterocycles. The molecule has 0 N–H and O–H groups in total. The first-order chi connectivity index (χ1) is 9.00. The molecule has 2 aromatic rings. The van der Waals surface area contributed by atoms with Crippen LogP contribution in [0.5, 0.6) is 0 Å². The molecular weight excluding hydrogens is 242 g/mol. The molecule has 1 aromatic carbocycles. The third kappa shape index (κ3) is 2.67. The van der Waals surface area contributed by atoms with E-state index in [0.717, 1.165) is 5.39 Å². The van der Waals surface area contributed by atoms with Crippen molar-refractivity contribution < 1.29 is 9.53 Å². The van der Waals surface area contributed by atoms with E-state index in [1.54, 1.807) is 33.0 Å². The lowest BCUT2D eigenvalue weighted by molar-refractivity contribution is -0.151. The Hall–Kier alpha value is -2.10. The van der Waals surface area contributed by atoms with Crippen LogP contribution in [0.2, 0.25) is 0 Å². The first kappa shape index (κ1) is 13.3. The maximum Gasteiger partial charge on any atom is 0.329 e. The van der Waals surface area contributed by atoms with Gasteiger partial charge in [0.05, 0.1) is 6.10 Å². The molecule has 100 valence electrons. The predicted molar refractivity (Wildman–Crippen MR) is 74.1 cm³/mol. The molecule has 0 saturated heterocycles. The molecule has 2 rings (SSSR count). The molecule has 19 heavy (non-hydrogen) atoms. The molecule has 0 spiro atoms. The van der Waals surface area contributed by atoms with E-state index in [0.29, 0.717) is 5.39 Å². The third-order valence-electron chi connectivity index (χ3n) is 2.95. The number of hydrogen-bond acceptors (Lipinski definition) is 3. The van der Waals surface area contributed by atoms with E-state index in [1.807, 2.05) is 24.3 Å². The zero-order chi connectivity index (χ0) is 14.0. The Morgan fingerprint density at radius 3 is 2.53 bits per heavy atom.